The van der Waals surface area contributed by atoms with Crippen LogP contribution in [0.15, 0.2) is 46.7 Å². The van der Waals surface area contributed by atoms with Crippen LogP contribution in [0.4, 0.5) is 0 Å². The summed E-state index contributed by atoms with van der Waals surface area (Å²) in [6.45, 7) is 3.74. The first-order valence-electron chi connectivity index (χ1n) is 8.70. The fourth-order valence-corrected chi connectivity index (χ4v) is 4.88. The van der Waals surface area contributed by atoms with Crippen molar-refractivity contribution >= 4 is 11.8 Å². The van der Waals surface area contributed by atoms with E-state index in [1.807, 2.05) is 6.08 Å². The lowest BCUT2D eigenvalue weighted by Gasteiger charge is -2.41. The molecule has 1 fully saturated rings. The summed E-state index contributed by atoms with van der Waals surface area (Å²) in [6, 6.07) is 8.53. The molecule has 1 spiro atoms. The van der Waals surface area contributed by atoms with Crippen molar-refractivity contribution < 1.29 is 0 Å². The van der Waals surface area contributed by atoms with Crippen LogP contribution in [-0.2, 0) is 11.8 Å². The maximum atomic E-state index is 12.6. The van der Waals surface area contributed by atoms with Crippen molar-refractivity contribution in [3.63, 3.8) is 0 Å². The molecule has 4 rings (SSSR count). The van der Waals surface area contributed by atoms with Gasteiger partial charge in [0, 0.05) is 16.7 Å². The van der Waals surface area contributed by atoms with Gasteiger partial charge in [-0.1, -0.05) is 61.4 Å². The highest BCUT2D eigenvalue weighted by molar-refractivity contribution is 7.99. The summed E-state index contributed by atoms with van der Waals surface area (Å²) in [6.07, 6.45) is 8.88. The third-order valence-electron chi connectivity index (χ3n) is 5.36. The largest absolute Gasteiger partial charge is 0.321 e. The van der Waals surface area contributed by atoms with Crippen molar-refractivity contribution in [2.75, 3.05) is 5.75 Å². The second-order valence-electron chi connectivity index (χ2n) is 6.87. The first-order chi connectivity index (χ1) is 11.7. The summed E-state index contributed by atoms with van der Waals surface area (Å²) in [4.78, 5) is 20.6. The zero-order valence-corrected chi connectivity index (χ0v) is 14.6. The van der Waals surface area contributed by atoms with Gasteiger partial charge in [0.15, 0.2) is 5.03 Å². The monoisotopic (exact) mass is 338 g/mol. The predicted octanol–water partition coefficient (Wildman–Crippen LogP) is 4.47. The molecule has 1 aromatic heterocycles. The summed E-state index contributed by atoms with van der Waals surface area (Å²) in [7, 11) is 0. The highest BCUT2D eigenvalue weighted by Crippen LogP contribution is 2.48. The zero-order valence-electron chi connectivity index (χ0n) is 13.8. The quantitative estimate of drug-likeness (QED) is 0.663. The number of aromatic amines is 1. The first kappa shape index (κ1) is 15.7. The number of H-pyrrole nitrogens is 1. The molecule has 0 bridgehead atoms. The van der Waals surface area contributed by atoms with Gasteiger partial charge in [0.25, 0.3) is 5.56 Å². The van der Waals surface area contributed by atoms with Crippen LogP contribution in [-0.4, -0.2) is 15.7 Å². The topological polar surface area (TPSA) is 45.8 Å². The van der Waals surface area contributed by atoms with Gasteiger partial charge in [-0.25, -0.2) is 4.98 Å². The fourth-order valence-electron chi connectivity index (χ4n) is 4.26. The lowest BCUT2D eigenvalue weighted by atomic mass is 9.64. The number of nitrogens with zero attached hydrogens (tertiary/aromatic N) is 1. The van der Waals surface area contributed by atoms with Crippen LogP contribution in [0, 0.1) is 0 Å². The number of hydrogen-bond acceptors (Lipinski definition) is 3. The van der Waals surface area contributed by atoms with Crippen molar-refractivity contribution in [3.8, 4) is 11.3 Å². The molecule has 0 saturated heterocycles. The van der Waals surface area contributed by atoms with Crippen LogP contribution in [0.1, 0.15) is 43.4 Å². The molecule has 0 atom stereocenters. The fraction of sp³-hybridized carbons (Fsp3) is 0.400. The molecular weight excluding hydrogens is 316 g/mol. The van der Waals surface area contributed by atoms with E-state index in [1.165, 1.54) is 42.2 Å². The van der Waals surface area contributed by atoms with Crippen LogP contribution < -0.4 is 5.56 Å². The minimum absolute atomic E-state index is 0.0510. The molecule has 3 nitrogen and oxygen atoms in total. The van der Waals surface area contributed by atoms with Gasteiger partial charge in [-0.2, -0.15) is 0 Å². The Hall–Kier alpha value is -1.81. The van der Waals surface area contributed by atoms with Gasteiger partial charge in [0.1, 0.15) is 0 Å². The first-order valence-corrected chi connectivity index (χ1v) is 9.69. The molecule has 124 valence electrons. The van der Waals surface area contributed by atoms with Crippen LogP contribution in [0.2, 0.25) is 0 Å². The van der Waals surface area contributed by atoms with Crippen molar-refractivity contribution in [2.24, 2.45) is 0 Å². The third kappa shape index (κ3) is 2.53. The van der Waals surface area contributed by atoms with Gasteiger partial charge in [-0.05, 0) is 24.8 Å². The molecule has 1 N–H and O–H groups in total. The molecule has 0 aliphatic heterocycles. The molecule has 2 aromatic rings. The van der Waals surface area contributed by atoms with Crippen LogP contribution >= 0.6 is 11.8 Å². The van der Waals surface area contributed by atoms with Crippen LogP contribution in [0.5, 0.6) is 0 Å². The minimum Gasteiger partial charge on any atom is -0.321 e. The molecule has 4 heteroatoms. The standard InChI is InChI=1S/C20H22N2OS/c1-2-12-24-19-18(23)22-17-16(21-19)15-9-5-4-8-14(15)13-20(17)10-6-3-7-11-20/h2,4-5,8-9H,1,3,6-7,10-13H2,(H,22,23). The van der Waals surface area contributed by atoms with E-state index in [4.69, 9.17) is 4.98 Å². The van der Waals surface area contributed by atoms with E-state index in [9.17, 15) is 4.79 Å². The lowest BCUT2D eigenvalue weighted by Crippen LogP contribution is -2.38. The molecule has 2 aliphatic rings. The smallest absolute Gasteiger partial charge is 0.280 e. The number of hydrogen-bond donors (Lipinski definition) is 1. The Balaban J connectivity index is 1.91. The summed E-state index contributed by atoms with van der Waals surface area (Å²) in [5, 5.41) is 0.552. The maximum absolute atomic E-state index is 12.6. The molecule has 0 radical (unpaired) electrons. The summed E-state index contributed by atoms with van der Waals surface area (Å²) < 4.78 is 0. The average Bonchev–Trinajstić information content (AvgIpc) is 2.61. The Bertz CT molecular complexity index is 834. The molecule has 1 heterocycles. The van der Waals surface area contributed by atoms with E-state index >= 15 is 0 Å². The molecule has 0 amide bonds. The van der Waals surface area contributed by atoms with E-state index in [0.717, 1.165) is 30.7 Å². The second kappa shape index (κ2) is 6.25. The van der Waals surface area contributed by atoms with E-state index in [0.29, 0.717) is 10.8 Å². The van der Waals surface area contributed by atoms with Gasteiger partial charge >= 0.3 is 0 Å². The van der Waals surface area contributed by atoms with E-state index < -0.39 is 0 Å². The predicted molar refractivity (Wildman–Crippen MR) is 99.7 cm³/mol. The normalized spacial score (nSPS) is 18.0. The number of nitrogens with one attached hydrogen (secondary N) is 1. The Morgan fingerprint density at radius 1 is 1.25 bits per heavy atom. The van der Waals surface area contributed by atoms with Crippen LogP contribution in [0.3, 0.4) is 0 Å². The number of thioether (sulfide) groups is 1. The summed E-state index contributed by atoms with van der Waals surface area (Å²) in [5.74, 6) is 0.696. The minimum atomic E-state index is -0.0510. The van der Waals surface area contributed by atoms with E-state index in [-0.39, 0.29) is 11.0 Å². The van der Waals surface area contributed by atoms with Gasteiger partial charge in [-0.15, -0.1) is 6.58 Å². The summed E-state index contributed by atoms with van der Waals surface area (Å²) >= 11 is 1.46. The summed E-state index contributed by atoms with van der Waals surface area (Å²) in [5.41, 5.74) is 4.63. The molecule has 1 aromatic carbocycles. The average molecular weight is 338 g/mol. The van der Waals surface area contributed by atoms with E-state index in [1.54, 1.807) is 0 Å². The Morgan fingerprint density at radius 2 is 2.04 bits per heavy atom. The molecule has 0 unspecified atom stereocenters. The Labute approximate surface area is 146 Å². The molecule has 1 saturated carbocycles. The number of fused-ring (bicyclic) bond motifs is 4. The van der Waals surface area contributed by atoms with Crippen LogP contribution in [0.25, 0.3) is 11.3 Å². The van der Waals surface area contributed by atoms with Crippen molar-refractivity contribution in [1.29, 1.82) is 0 Å². The van der Waals surface area contributed by atoms with Crippen molar-refractivity contribution in [3.05, 3.63) is 58.5 Å². The highest BCUT2D eigenvalue weighted by Gasteiger charge is 2.41. The van der Waals surface area contributed by atoms with E-state index in [2.05, 4.69) is 35.8 Å². The second-order valence-corrected chi connectivity index (χ2v) is 7.88. The molecule has 24 heavy (non-hydrogen) atoms. The Kier molecular flexibility index (Phi) is 4.09. The third-order valence-corrected chi connectivity index (χ3v) is 6.32. The molecule has 2 aliphatic carbocycles. The van der Waals surface area contributed by atoms with Gasteiger partial charge in [0.05, 0.1) is 11.4 Å². The van der Waals surface area contributed by atoms with Gasteiger partial charge in [0.2, 0.25) is 0 Å². The number of rotatable bonds is 3. The number of benzene rings is 1. The Morgan fingerprint density at radius 3 is 2.83 bits per heavy atom. The lowest BCUT2D eigenvalue weighted by molar-refractivity contribution is 0.279. The van der Waals surface area contributed by atoms with Gasteiger partial charge in [-0.3, -0.25) is 4.79 Å². The maximum Gasteiger partial charge on any atom is 0.280 e. The highest BCUT2D eigenvalue weighted by atomic mass is 32.2. The zero-order chi connectivity index (χ0) is 16.6. The van der Waals surface area contributed by atoms with Crippen molar-refractivity contribution in [2.45, 2.75) is 49.0 Å². The number of aromatic nitrogens is 2. The SMILES string of the molecule is C=CCSc1nc2c([nH]c1=O)C1(CCCCC1)Cc1ccccc1-2. The van der Waals surface area contributed by atoms with Crippen molar-refractivity contribution in [1.82, 2.24) is 9.97 Å². The van der Waals surface area contributed by atoms with Gasteiger partial charge < -0.3 is 4.98 Å². The molecular formula is C20H22N2OS.